The minimum Gasteiger partial charge on any atom is -0.469 e. The van der Waals surface area contributed by atoms with Gasteiger partial charge in [0.15, 0.2) is 0 Å². The molecular formula is C18H22N2O3. The van der Waals surface area contributed by atoms with Gasteiger partial charge in [-0.25, -0.2) is 0 Å². The fraction of sp³-hybridized carbons (Fsp3) is 0.333. The Bertz CT molecular complexity index is 645. The van der Waals surface area contributed by atoms with Crippen LogP contribution in [0.15, 0.2) is 47.1 Å². The number of hydrogen-bond acceptors (Lipinski definition) is 3. The first-order chi connectivity index (χ1) is 11.0. The van der Waals surface area contributed by atoms with Crippen molar-refractivity contribution in [3.63, 3.8) is 0 Å². The third kappa shape index (κ3) is 4.98. The second kappa shape index (κ2) is 7.63. The van der Waals surface area contributed by atoms with Crippen molar-refractivity contribution >= 4 is 17.5 Å². The second-order valence-electron chi connectivity index (χ2n) is 5.89. The molecule has 2 rings (SSSR count). The van der Waals surface area contributed by atoms with E-state index < -0.39 is 11.8 Å². The van der Waals surface area contributed by atoms with Gasteiger partial charge in [0.05, 0.1) is 6.26 Å². The van der Waals surface area contributed by atoms with Crippen molar-refractivity contribution in [1.29, 1.82) is 0 Å². The lowest BCUT2D eigenvalue weighted by Crippen LogP contribution is -2.41. The van der Waals surface area contributed by atoms with E-state index in [0.717, 1.165) is 5.76 Å². The minimum atomic E-state index is -0.673. The molecule has 122 valence electrons. The zero-order chi connectivity index (χ0) is 16.8. The van der Waals surface area contributed by atoms with Crippen molar-refractivity contribution in [2.45, 2.75) is 39.2 Å². The fourth-order valence-corrected chi connectivity index (χ4v) is 2.21. The monoisotopic (exact) mass is 314 g/mol. The van der Waals surface area contributed by atoms with Crippen molar-refractivity contribution in [1.82, 2.24) is 5.32 Å². The van der Waals surface area contributed by atoms with Gasteiger partial charge < -0.3 is 15.1 Å². The summed E-state index contributed by atoms with van der Waals surface area (Å²) in [6.45, 7) is 6.02. The first-order valence-corrected chi connectivity index (χ1v) is 7.70. The number of benzene rings is 1. The maximum absolute atomic E-state index is 11.9. The van der Waals surface area contributed by atoms with Crippen LogP contribution in [0, 0.1) is 0 Å². The average Bonchev–Trinajstić information content (AvgIpc) is 3.00. The average molecular weight is 314 g/mol. The van der Waals surface area contributed by atoms with Crippen molar-refractivity contribution < 1.29 is 14.0 Å². The van der Waals surface area contributed by atoms with Gasteiger partial charge in [0.2, 0.25) is 0 Å². The van der Waals surface area contributed by atoms with Gasteiger partial charge in [-0.2, -0.15) is 0 Å². The van der Waals surface area contributed by atoms with E-state index in [1.807, 2.05) is 25.1 Å². The largest absolute Gasteiger partial charge is 0.469 e. The van der Waals surface area contributed by atoms with E-state index in [1.54, 1.807) is 24.5 Å². The van der Waals surface area contributed by atoms with Crippen LogP contribution in [0.2, 0.25) is 0 Å². The number of nitrogens with one attached hydrogen (secondary N) is 2. The third-order valence-electron chi connectivity index (χ3n) is 3.51. The van der Waals surface area contributed by atoms with Gasteiger partial charge >= 0.3 is 11.8 Å². The third-order valence-corrected chi connectivity index (χ3v) is 3.51. The minimum absolute atomic E-state index is 0.192. The molecule has 0 spiro atoms. The maximum atomic E-state index is 11.9. The van der Waals surface area contributed by atoms with Crippen molar-refractivity contribution in [2.24, 2.45) is 0 Å². The number of hydrogen-bond donors (Lipinski definition) is 2. The molecule has 0 aliphatic carbocycles. The van der Waals surface area contributed by atoms with Crippen LogP contribution in [0.4, 0.5) is 5.69 Å². The van der Waals surface area contributed by atoms with E-state index in [0.29, 0.717) is 18.0 Å². The van der Waals surface area contributed by atoms with E-state index in [1.165, 1.54) is 5.56 Å². The Morgan fingerprint density at radius 3 is 2.30 bits per heavy atom. The highest BCUT2D eigenvalue weighted by molar-refractivity contribution is 6.39. The van der Waals surface area contributed by atoms with Crippen LogP contribution in [0.25, 0.3) is 0 Å². The summed E-state index contributed by atoms with van der Waals surface area (Å²) in [5, 5.41) is 5.25. The normalized spacial score (nSPS) is 12.0. The molecule has 23 heavy (non-hydrogen) atoms. The molecule has 2 N–H and O–H groups in total. The van der Waals surface area contributed by atoms with Crippen LogP contribution in [0.1, 0.15) is 38.0 Å². The summed E-state index contributed by atoms with van der Waals surface area (Å²) in [6, 6.07) is 10.9. The van der Waals surface area contributed by atoms with Gasteiger partial charge in [-0.05, 0) is 42.7 Å². The Kier molecular flexibility index (Phi) is 5.57. The van der Waals surface area contributed by atoms with Gasteiger partial charge in [0, 0.05) is 18.2 Å². The summed E-state index contributed by atoms with van der Waals surface area (Å²) in [6.07, 6.45) is 2.12. The first kappa shape index (κ1) is 16.8. The molecule has 5 heteroatoms. The van der Waals surface area contributed by atoms with Crippen LogP contribution in [0.5, 0.6) is 0 Å². The molecule has 1 aromatic carbocycles. The predicted molar refractivity (Wildman–Crippen MR) is 89.2 cm³/mol. The molecule has 0 radical (unpaired) electrons. The Morgan fingerprint density at radius 2 is 1.74 bits per heavy atom. The van der Waals surface area contributed by atoms with Crippen LogP contribution in [0.3, 0.4) is 0 Å². The summed E-state index contributed by atoms with van der Waals surface area (Å²) >= 11 is 0. The van der Waals surface area contributed by atoms with Gasteiger partial charge in [0.25, 0.3) is 0 Å². The summed E-state index contributed by atoms with van der Waals surface area (Å²) in [5.41, 5.74) is 1.78. The summed E-state index contributed by atoms with van der Waals surface area (Å²) in [7, 11) is 0. The summed E-state index contributed by atoms with van der Waals surface area (Å²) < 4.78 is 5.22. The molecule has 0 aliphatic heterocycles. The van der Waals surface area contributed by atoms with Crippen molar-refractivity contribution in [3.05, 3.63) is 54.0 Å². The zero-order valence-electron chi connectivity index (χ0n) is 13.6. The SMILES string of the molecule is CC(Cc1ccco1)NC(=O)C(=O)Nc1ccc(C(C)C)cc1. The highest BCUT2D eigenvalue weighted by Gasteiger charge is 2.17. The second-order valence-corrected chi connectivity index (χ2v) is 5.89. The highest BCUT2D eigenvalue weighted by atomic mass is 16.3. The van der Waals surface area contributed by atoms with E-state index in [9.17, 15) is 9.59 Å². The molecule has 0 saturated carbocycles. The number of furan rings is 1. The number of carbonyl (C=O) groups excluding carboxylic acids is 2. The zero-order valence-corrected chi connectivity index (χ0v) is 13.6. The molecule has 0 fully saturated rings. The molecule has 1 heterocycles. The summed E-state index contributed by atoms with van der Waals surface area (Å²) in [4.78, 5) is 23.8. The molecule has 1 unspecified atom stereocenters. The number of anilines is 1. The quantitative estimate of drug-likeness (QED) is 0.833. The van der Waals surface area contributed by atoms with Gasteiger partial charge in [-0.3, -0.25) is 9.59 Å². The number of carbonyl (C=O) groups is 2. The molecule has 2 aromatic rings. The van der Waals surface area contributed by atoms with Crippen LogP contribution < -0.4 is 10.6 Å². The van der Waals surface area contributed by atoms with E-state index in [2.05, 4.69) is 24.5 Å². The molecule has 0 aliphatic rings. The fourth-order valence-electron chi connectivity index (χ4n) is 2.21. The number of amides is 2. The maximum Gasteiger partial charge on any atom is 0.313 e. The van der Waals surface area contributed by atoms with Crippen molar-refractivity contribution in [2.75, 3.05) is 5.32 Å². The molecule has 0 saturated heterocycles. The van der Waals surface area contributed by atoms with E-state index in [-0.39, 0.29) is 6.04 Å². The lowest BCUT2D eigenvalue weighted by Gasteiger charge is -2.13. The van der Waals surface area contributed by atoms with Crippen LogP contribution >= 0.6 is 0 Å². The number of rotatable bonds is 5. The first-order valence-electron chi connectivity index (χ1n) is 7.70. The predicted octanol–water partition coefficient (Wildman–Crippen LogP) is 3.09. The Balaban J connectivity index is 1.85. The van der Waals surface area contributed by atoms with E-state index in [4.69, 9.17) is 4.42 Å². The van der Waals surface area contributed by atoms with Crippen LogP contribution in [-0.4, -0.2) is 17.9 Å². The van der Waals surface area contributed by atoms with Crippen LogP contribution in [-0.2, 0) is 16.0 Å². The lowest BCUT2D eigenvalue weighted by molar-refractivity contribution is -0.136. The summed E-state index contributed by atoms with van der Waals surface area (Å²) in [5.74, 6) is -0.140. The van der Waals surface area contributed by atoms with Gasteiger partial charge in [-0.15, -0.1) is 0 Å². The molecule has 1 aromatic heterocycles. The topological polar surface area (TPSA) is 71.3 Å². The molecule has 0 bridgehead atoms. The standard InChI is InChI=1S/C18H22N2O3/c1-12(2)14-6-8-15(9-7-14)20-18(22)17(21)19-13(3)11-16-5-4-10-23-16/h4-10,12-13H,11H2,1-3H3,(H,19,21)(H,20,22). The Hall–Kier alpha value is -2.56. The molecule has 1 atom stereocenters. The molecule has 5 nitrogen and oxygen atoms in total. The van der Waals surface area contributed by atoms with Crippen molar-refractivity contribution in [3.8, 4) is 0 Å². The molecular weight excluding hydrogens is 292 g/mol. The Labute approximate surface area is 136 Å². The van der Waals surface area contributed by atoms with Gasteiger partial charge in [0.1, 0.15) is 5.76 Å². The lowest BCUT2D eigenvalue weighted by atomic mass is 10.0. The Morgan fingerprint density at radius 1 is 1.04 bits per heavy atom. The van der Waals surface area contributed by atoms with Gasteiger partial charge in [-0.1, -0.05) is 26.0 Å². The smallest absolute Gasteiger partial charge is 0.313 e. The van der Waals surface area contributed by atoms with E-state index >= 15 is 0 Å². The molecule has 2 amide bonds. The highest BCUT2D eigenvalue weighted by Crippen LogP contribution is 2.17.